The second-order valence-electron chi connectivity index (χ2n) is 4.42. The van der Waals surface area contributed by atoms with Gasteiger partial charge < -0.3 is 10.1 Å². The summed E-state index contributed by atoms with van der Waals surface area (Å²) in [4.78, 5) is 11.9. The van der Waals surface area contributed by atoms with Gasteiger partial charge in [-0.3, -0.25) is 4.79 Å². The van der Waals surface area contributed by atoms with Crippen LogP contribution in [-0.2, 0) is 11.3 Å². The molecule has 1 unspecified atom stereocenters. The summed E-state index contributed by atoms with van der Waals surface area (Å²) in [6.45, 7) is 1.95. The highest BCUT2D eigenvalue weighted by Gasteiger charge is 2.13. The first-order valence-electron chi connectivity index (χ1n) is 6.39. The summed E-state index contributed by atoms with van der Waals surface area (Å²) in [6, 6.07) is 15.3. The Hall–Kier alpha value is -2.36. The highest BCUT2D eigenvalue weighted by Crippen LogP contribution is 2.11. The van der Waals surface area contributed by atoms with Crippen LogP contribution in [0.5, 0.6) is 5.75 Å². The molecule has 0 saturated heterocycles. The van der Waals surface area contributed by atoms with Gasteiger partial charge in [0.25, 0.3) is 5.91 Å². The Balaban J connectivity index is 1.85. The smallest absolute Gasteiger partial charge is 0.261 e. The molecular weight excluding hydrogens is 257 g/mol. The van der Waals surface area contributed by atoms with Crippen molar-refractivity contribution in [1.82, 2.24) is 5.32 Å². The fourth-order valence-electron chi connectivity index (χ4n) is 1.74. The highest BCUT2D eigenvalue weighted by molar-refractivity contribution is 5.80. The Morgan fingerprint density at radius 2 is 1.95 bits per heavy atom. The Bertz CT molecular complexity index is 572. The van der Waals surface area contributed by atoms with Crippen LogP contribution < -0.4 is 10.1 Å². The summed E-state index contributed by atoms with van der Waals surface area (Å²) in [5, 5.41) is 2.72. The zero-order valence-electron chi connectivity index (χ0n) is 11.2. The molecule has 2 aromatic carbocycles. The van der Waals surface area contributed by atoms with E-state index in [-0.39, 0.29) is 18.3 Å². The number of hydrogen-bond donors (Lipinski definition) is 1. The van der Waals surface area contributed by atoms with Crippen LogP contribution >= 0.6 is 0 Å². The molecule has 1 atom stereocenters. The van der Waals surface area contributed by atoms with Gasteiger partial charge in [0, 0.05) is 6.54 Å². The molecule has 0 aliphatic carbocycles. The number of halogens is 1. The third kappa shape index (κ3) is 4.09. The van der Waals surface area contributed by atoms with Gasteiger partial charge in [0.15, 0.2) is 6.10 Å². The van der Waals surface area contributed by atoms with Crippen LogP contribution in [0.15, 0.2) is 54.6 Å². The van der Waals surface area contributed by atoms with Crippen molar-refractivity contribution in [1.29, 1.82) is 0 Å². The topological polar surface area (TPSA) is 38.3 Å². The molecule has 2 aromatic rings. The molecule has 0 fully saturated rings. The van der Waals surface area contributed by atoms with E-state index in [2.05, 4.69) is 5.32 Å². The monoisotopic (exact) mass is 273 g/mol. The zero-order chi connectivity index (χ0) is 14.4. The number of rotatable bonds is 5. The van der Waals surface area contributed by atoms with E-state index in [4.69, 9.17) is 4.74 Å². The van der Waals surface area contributed by atoms with Gasteiger partial charge in [0.2, 0.25) is 0 Å². The highest BCUT2D eigenvalue weighted by atomic mass is 19.1. The van der Waals surface area contributed by atoms with Gasteiger partial charge in [-0.25, -0.2) is 4.39 Å². The number of para-hydroxylation sites is 1. The summed E-state index contributed by atoms with van der Waals surface area (Å²) in [5.74, 6) is 0.0874. The molecule has 104 valence electrons. The van der Waals surface area contributed by atoms with E-state index in [1.54, 1.807) is 31.2 Å². The molecule has 0 aliphatic heterocycles. The fraction of sp³-hybridized carbons (Fsp3) is 0.188. The van der Waals surface area contributed by atoms with Crippen molar-refractivity contribution < 1.29 is 13.9 Å². The minimum absolute atomic E-state index is 0.238. The number of carbonyl (C=O) groups is 1. The Morgan fingerprint density at radius 3 is 2.65 bits per heavy atom. The second-order valence-corrected chi connectivity index (χ2v) is 4.42. The number of benzene rings is 2. The van der Waals surface area contributed by atoms with Gasteiger partial charge in [0.1, 0.15) is 11.6 Å². The van der Waals surface area contributed by atoms with E-state index >= 15 is 0 Å². The molecule has 0 heterocycles. The van der Waals surface area contributed by atoms with E-state index in [1.165, 1.54) is 12.1 Å². The predicted octanol–water partition coefficient (Wildman–Crippen LogP) is 2.91. The molecule has 0 aromatic heterocycles. The lowest BCUT2D eigenvalue weighted by Crippen LogP contribution is -2.35. The molecule has 1 amide bonds. The van der Waals surface area contributed by atoms with Crippen molar-refractivity contribution in [2.24, 2.45) is 0 Å². The van der Waals surface area contributed by atoms with Gasteiger partial charge in [-0.1, -0.05) is 30.3 Å². The first-order chi connectivity index (χ1) is 9.65. The van der Waals surface area contributed by atoms with E-state index < -0.39 is 6.10 Å². The first kappa shape index (κ1) is 14.1. The lowest BCUT2D eigenvalue weighted by Gasteiger charge is -2.14. The molecule has 1 N–H and O–H groups in total. The van der Waals surface area contributed by atoms with Crippen molar-refractivity contribution in [2.75, 3.05) is 0 Å². The lowest BCUT2D eigenvalue weighted by molar-refractivity contribution is -0.127. The number of hydrogen-bond acceptors (Lipinski definition) is 2. The van der Waals surface area contributed by atoms with Gasteiger partial charge in [-0.2, -0.15) is 0 Å². The number of carbonyl (C=O) groups excluding carboxylic acids is 1. The van der Waals surface area contributed by atoms with Gasteiger partial charge in [-0.15, -0.1) is 0 Å². The quantitative estimate of drug-likeness (QED) is 0.909. The Labute approximate surface area is 117 Å². The van der Waals surface area contributed by atoms with Crippen LogP contribution in [-0.4, -0.2) is 12.0 Å². The summed E-state index contributed by atoms with van der Waals surface area (Å²) < 4.78 is 18.5. The van der Waals surface area contributed by atoms with Crippen LogP contribution in [0.2, 0.25) is 0 Å². The van der Waals surface area contributed by atoms with Gasteiger partial charge in [-0.05, 0) is 36.8 Å². The van der Waals surface area contributed by atoms with E-state index in [0.717, 1.165) is 0 Å². The maximum absolute atomic E-state index is 13.0. The van der Waals surface area contributed by atoms with Crippen molar-refractivity contribution >= 4 is 5.91 Å². The number of ether oxygens (including phenoxy) is 1. The van der Waals surface area contributed by atoms with Crippen molar-refractivity contribution in [3.05, 3.63) is 66.0 Å². The third-order valence-electron chi connectivity index (χ3n) is 2.78. The molecule has 0 bridgehead atoms. The first-order valence-corrected chi connectivity index (χ1v) is 6.39. The number of amides is 1. The second kappa shape index (κ2) is 6.70. The van der Waals surface area contributed by atoms with Crippen LogP contribution in [0.25, 0.3) is 0 Å². The average molecular weight is 273 g/mol. The minimum Gasteiger partial charge on any atom is -0.481 e. The predicted molar refractivity (Wildman–Crippen MR) is 74.8 cm³/mol. The standard InChI is InChI=1S/C16H16FNO2/c1-12(20-15-8-3-2-4-9-15)16(19)18-11-13-6-5-7-14(17)10-13/h2-10,12H,11H2,1H3,(H,18,19). The average Bonchev–Trinajstić information content (AvgIpc) is 2.46. The van der Waals surface area contributed by atoms with E-state index in [9.17, 15) is 9.18 Å². The molecule has 0 saturated carbocycles. The maximum atomic E-state index is 13.0. The molecular formula is C16H16FNO2. The molecule has 0 aliphatic rings. The summed E-state index contributed by atoms with van der Waals surface area (Å²) in [5.41, 5.74) is 0.713. The lowest BCUT2D eigenvalue weighted by atomic mass is 10.2. The SMILES string of the molecule is CC(Oc1ccccc1)C(=O)NCc1cccc(F)c1. The normalized spacial score (nSPS) is 11.7. The van der Waals surface area contributed by atoms with E-state index in [1.807, 2.05) is 18.2 Å². The van der Waals surface area contributed by atoms with E-state index in [0.29, 0.717) is 11.3 Å². The molecule has 0 spiro atoms. The Morgan fingerprint density at radius 1 is 1.20 bits per heavy atom. The zero-order valence-corrected chi connectivity index (χ0v) is 11.2. The van der Waals surface area contributed by atoms with Crippen LogP contribution in [0.3, 0.4) is 0 Å². The molecule has 4 heteroatoms. The largest absolute Gasteiger partial charge is 0.481 e. The molecule has 0 radical (unpaired) electrons. The molecule has 20 heavy (non-hydrogen) atoms. The maximum Gasteiger partial charge on any atom is 0.261 e. The van der Waals surface area contributed by atoms with Crippen molar-refractivity contribution in [2.45, 2.75) is 19.6 Å². The Kier molecular flexibility index (Phi) is 4.71. The van der Waals surface area contributed by atoms with Crippen LogP contribution in [0.1, 0.15) is 12.5 Å². The van der Waals surface area contributed by atoms with Crippen molar-refractivity contribution in [3.63, 3.8) is 0 Å². The third-order valence-corrected chi connectivity index (χ3v) is 2.78. The number of nitrogens with one attached hydrogen (secondary N) is 1. The van der Waals surface area contributed by atoms with Crippen LogP contribution in [0, 0.1) is 5.82 Å². The fourth-order valence-corrected chi connectivity index (χ4v) is 1.74. The van der Waals surface area contributed by atoms with Gasteiger partial charge >= 0.3 is 0 Å². The summed E-state index contributed by atoms with van der Waals surface area (Å²) in [7, 11) is 0. The molecule has 3 nitrogen and oxygen atoms in total. The summed E-state index contributed by atoms with van der Waals surface area (Å²) >= 11 is 0. The molecule has 2 rings (SSSR count). The minimum atomic E-state index is -0.606. The van der Waals surface area contributed by atoms with Gasteiger partial charge in [0.05, 0.1) is 0 Å². The summed E-state index contributed by atoms with van der Waals surface area (Å²) in [6.07, 6.45) is -0.606. The van der Waals surface area contributed by atoms with Crippen LogP contribution in [0.4, 0.5) is 4.39 Å². The van der Waals surface area contributed by atoms with Crippen molar-refractivity contribution in [3.8, 4) is 5.75 Å².